The maximum Gasteiger partial charge on any atom is 0.318 e. The number of nitrogens with one attached hydrogen (secondary N) is 1. The average Bonchev–Trinajstić information content (AvgIpc) is 3.27. The lowest BCUT2D eigenvalue weighted by atomic mass is 9.94. The fourth-order valence-electron chi connectivity index (χ4n) is 3.36. The Kier molecular flexibility index (Phi) is 4.10. The van der Waals surface area contributed by atoms with Crippen molar-refractivity contribution >= 4 is 17.4 Å². The van der Waals surface area contributed by atoms with Crippen molar-refractivity contribution in [1.82, 2.24) is 10.2 Å². The quantitative estimate of drug-likeness (QED) is 0.916. The summed E-state index contributed by atoms with van der Waals surface area (Å²) in [5.74, 6) is 0.778. The van der Waals surface area contributed by atoms with Gasteiger partial charge in [0.1, 0.15) is 11.9 Å². The van der Waals surface area contributed by atoms with Crippen molar-refractivity contribution in [1.29, 1.82) is 0 Å². The Morgan fingerprint density at radius 3 is 3.22 bits per heavy atom. The van der Waals surface area contributed by atoms with E-state index in [2.05, 4.69) is 16.8 Å². The van der Waals surface area contributed by atoms with Crippen LogP contribution in [0.4, 0.5) is 4.79 Å². The average molecular weight is 332 g/mol. The van der Waals surface area contributed by atoms with E-state index in [1.165, 1.54) is 10.4 Å². The summed E-state index contributed by atoms with van der Waals surface area (Å²) in [6.45, 7) is 1.68. The zero-order chi connectivity index (χ0) is 15.6. The highest BCUT2D eigenvalue weighted by Gasteiger charge is 2.29. The van der Waals surface area contributed by atoms with E-state index in [0.29, 0.717) is 19.7 Å². The highest BCUT2D eigenvalue weighted by atomic mass is 32.1. The Balaban J connectivity index is 1.42. The second-order valence-electron chi connectivity index (χ2n) is 6.01. The van der Waals surface area contributed by atoms with Crippen molar-refractivity contribution in [3.05, 3.63) is 46.0 Å². The molecule has 0 radical (unpaired) electrons. The summed E-state index contributed by atoms with van der Waals surface area (Å²) in [7, 11) is 0. The topological polar surface area (TPSA) is 54.7 Å². The number of morpholine rings is 1. The largest absolute Gasteiger partial charge is 0.467 e. The first-order chi connectivity index (χ1) is 11.3. The van der Waals surface area contributed by atoms with Crippen LogP contribution in [0.2, 0.25) is 0 Å². The molecule has 2 unspecified atom stereocenters. The van der Waals surface area contributed by atoms with Crippen LogP contribution in [0.15, 0.2) is 34.3 Å². The summed E-state index contributed by atoms with van der Waals surface area (Å²) in [4.78, 5) is 15.9. The predicted molar refractivity (Wildman–Crippen MR) is 87.5 cm³/mol. The molecule has 122 valence electrons. The van der Waals surface area contributed by atoms with Crippen LogP contribution in [0.1, 0.15) is 41.2 Å². The van der Waals surface area contributed by atoms with E-state index in [-0.39, 0.29) is 18.2 Å². The molecule has 2 aliphatic rings. The second-order valence-corrected chi connectivity index (χ2v) is 7.01. The van der Waals surface area contributed by atoms with Gasteiger partial charge in [0.05, 0.1) is 25.5 Å². The predicted octanol–water partition coefficient (Wildman–Crippen LogP) is 3.50. The Labute approximate surface area is 139 Å². The molecule has 3 heterocycles. The SMILES string of the molecule is O=C(NC1CCCc2sccc21)N1CCOC(c2ccco2)C1. The number of carbonyl (C=O) groups is 1. The molecule has 1 N–H and O–H groups in total. The van der Waals surface area contributed by atoms with Crippen molar-refractivity contribution < 1.29 is 13.9 Å². The van der Waals surface area contributed by atoms with Crippen LogP contribution in [0.3, 0.4) is 0 Å². The van der Waals surface area contributed by atoms with Gasteiger partial charge in [0, 0.05) is 11.4 Å². The van der Waals surface area contributed by atoms with Gasteiger partial charge in [-0.05, 0) is 48.4 Å². The maximum absolute atomic E-state index is 12.6. The number of thiophene rings is 1. The van der Waals surface area contributed by atoms with Crippen molar-refractivity contribution in [3.8, 4) is 0 Å². The Hall–Kier alpha value is -1.79. The lowest BCUT2D eigenvalue weighted by molar-refractivity contribution is -0.0264. The number of carbonyl (C=O) groups excluding carboxylic acids is 1. The molecule has 6 heteroatoms. The Morgan fingerprint density at radius 2 is 2.35 bits per heavy atom. The number of ether oxygens (including phenoxy) is 1. The third-order valence-electron chi connectivity index (χ3n) is 4.56. The number of urea groups is 1. The second kappa shape index (κ2) is 6.37. The number of fused-ring (bicyclic) bond motifs is 1. The molecular weight excluding hydrogens is 312 g/mol. The molecule has 2 atom stereocenters. The number of rotatable bonds is 2. The summed E-state index contributed by atoms with van der Waals surface area (Å²) in [5, 5.41) is 5.33. The molecule has 1 aliphatic carbocycles. The van der Waals surface area contributed by atoms with E-state index in [0.717, 1.165) is 25.0 Å². The van der Waals surface area contributed by atoms with E-state index in [4.69, 9.17) is 9.15 Å². The molecule has 0 spiro atoms. The van der Waals surface area contributed by atoms with Crippen LogP contribution in [0.25, 0.3) is 0 Å². The third kappa shape index (κ3) is 3.01. The summed E-state index contributed by atoms with van der Waals surface area (Å²) in [6.07, 6.45) is 4.75. The summed E-state index contributed by atoms with van der Waals surface area (Å²) in [6, 6.07) is 6.02. The monoisotopic (exact) mass is 332 g/mol. The molecule has 4 rings (SSSR count). The third-order valence-corrected chi connectivity index (χ3v) is 5.56. The lowest BCUT2D eigenvalue weighted by Gasteiger charge is -2.34. The molecule has 2 aromatic rings. The maximum atomic E-state index is 12.6. The summed E-state index contributed by atoms with van der Waals surface area (Å²) >= 11 is 1.79. The molecule has 1 fully saturated rings. The van der Waals surface area contributed by atoms with Gasteiger partial charge in [0.2, 0.25) is 0 Å². The Bertz CT molecular complexity index is 667. The van der Waals surface area contributed by atoms with Crippen molar-refractivity contribution in [3.63, 3.8) is 0 Å². The van der Waals surface area contributed by atoms with Crippen LogP contribution in [-0.2, 0) is 11.2 Å². The summed E-state index contributed by atoms with van der Waals surface area (Å²) in [5.41, 5.74) is 1.30. The minimum absolute atomic E-state index is 0.00564. The van der Waals surface area contributed by atoms with Crippen LogP contribution < -0.4 is 5.32 Å². The van der Waals surface area contributed by atoms with E-state index in [1.807, 2.05) is 17.0 Å². The van der Waals surface area contributed by atoms with E-state index in [9.17, 15) is 4.79 Å². The lowest BCUT2D eigenvalue weighted by Crippen LogP contribution is -2.48. The first kappa shape index (κ1) is 14.8. The van der Waals surface area contributed by atoms with Crippen molar-refractivity contribution in [2.24, 2.45) is 0 Å². The van der Waals surface area contributed by atoms with Crippen LogP contribution >= 0.6 is 11.3 Å². The van der Waals surface area contributed by atoms with Gasteiger partial charge in [-0.2, -0.15) is 0 Å². The Morgan fingerprint density at radius 1 is 1.39 bits per heavy atom. The number of hydrogen-bond acceptors (Lipinski definition) is 4. The zero-order valence-electron chi connectivity index (χ0n) is 12.9. The number of amides is 2. The zero-order valence-corrected chi connectivity index (χ0v) is 13.7. The van der Waals surface area contributed by atoms with Crippen LogP contribution in [0.5, 0.6) is 0 Å². The normalized spacial score (nSPS) is 24.3. The molecule has 23 heavy (non-hydrogen) atoms. The standard InChI is InChI=1S/C17H20N2O3S/c20-17(18-13-3-1-5-16-12(13)6-10-23-16)19-7-9-22-15(11-19)14-4-2-8-21-14/h2,4,6,8,10,13,15H,1,3,5,7,9,11H2,(H,18,20). The van der Waals surface area contributed by atoms with Gasteiger partial charge in [-0.3, -0.25) is 0 Å². The highest BCUT2D eigenvalue weighted by molar-refractivity contribution is 7.10. The molecule has 2 amide bonds. The number of aryl methyl sites for hydroxylation is 1. The smallest absolute Gasteiger partial charge is 0.318 e. The molecule has 1 aliphatic heterocycles. The van der Waals surface area contributed by atoms with E-state index < -0.39 is 0 Å². The first-order valence-corrected chi connectivity index (χ1v) is 8.96. The van der Waals surface area contributed by atoms with Gasteiger partial charge in [0.15, 0.2) is 0 Å². The fraction of sp³-hybridized carbons (Fsp3) is 0.471. The molecule has 1 saturated heterocycles. The first-order valence-electron chi connectivity index (χ1n) is 8.08. The molecule has 0 saturated carbocycles. The van der Waals surface area contributed by atoms with Gasteiger partial charge >= 0.3 is 6.03 Å². The number of nitrogens with zero attached hydrogens (tertiary/aromatic N) is 1. The van der Waals surface area contributed by atoms with Gasteiger partial charge in [-0.15, -0.1) is 11.3 Å². The van der Waals surface area contributed by atoms with Crippen molar-refractivity contribution in [2.45, 2.75) is 31.4 Å². The van der Waals surface area contributed by atoms with Gasteiger partial charge < -0.3 is 19.4 Å². The molecule has 0 aromatic carbocycles. The molecule has 5 nitrogen and oxygen atoms in total. The highest BCUT2D eigenvalue weighted by Crippen LogP contribution is 2.33. The molecular formula is C17H20N2O3S. The summed E-state index contributed by atoms with van der Waals surface area (Å²) < 4.78 is 11.1. The number of furan rings is 1. The van der Waals surface area contributed by atoms with Crippen LogP contribution in [0, 0.1) is 0 Å². The number of hydrogen-bond donors (Lipinski definition) is 1. The van der Waals surface area contributed by atoms with Gasteiger partial charge in [-0.25, -0.2) is 4.79 Å². The van der Waals surface area contributed by atoms with Crippen molar-refractivity contribution in [2.75, 3.05) is 19.7 Å². The van der Waals surface area contributed by atoms with Crippen LogP contribution in [-0.4, -0.2) is 30.6 Å². The fourth-order valence-corrected chi connectivity index (χ4v) is 4.34. The van der Waals surface area contributed by atoms with Gasteiger partial charge in [0.25, 0.3) is 0 Å². The van der Waals surface area contributed by atoms with E-state index >= 15 is 0 Å². The molecule has 0 bridgehead atoms. The van der Waals surface area contributed by atoms with Gasteiger partial charge in [-0.1, -0.05) is 0 Å². The van der Waals surface area contributed by atoms with E-state index in [1.54, 1.807) is 17.6 Å². The molecule has 2 aromatic heterocycles. The minimum Gasteiger partial charge on any atom is -0.467 e. The minimum atomic E-state index is -0.174.